The second kappa shape index (κ2) is 7.38. The number of hydrogen-bond donors (Lipinski definition) is 0. The van der Waals surface area contributed by atoms with E-state index in [1.165, 1.54) is 6.07 Å². The minimum absolute atomic E-state index is 0.203. The van der Waals surface area contributed by atoms with Crippen molar-refractivity contribution < 1.29 is 27.1 Å². The van der Waals surface area contributed by atoms with Gasteiger partial charge in [-0.1, -0.05) is 18.2 Å². The van der Waals surface area contributed by atoms with Crippen molar-refractivity contribution in [2.75, 3.05) is 20.3 Å². The number of carbonyl (C=O) groups is 1. The monoisotopic (exact) mass is 381 g/mol. The third-order valence-corrected chi connectivity index (χ3v) is 5.22. The number of rotatable bonds is 4. The topological polar surface area (TPSA) is 42.7 Å². The number of nitrogens with zero attached hydrogens (tertiary/aromatic N) is 1. The van der Waals surface area contributed by atoms with E-state index < -0.39 is 17.2 Å². The Morgan fingerprint density at radius 1 is 1.22 bits per heavy atom. The Morgan fingerprint density at radius 2 is 1.93 bits per heavy atom. The predicted molar refractivity (Wildman–Crippen MR) is 93.1 cm³/mol. The normalized spacial score (nSPS) is 16.9. The standard InChI is InChI=1S/C20H22F3NO3/c1-14-15(6-9-27-14)13-24(2)18(25)19(7-10-26-11-8-19)16-4-3-5-17(12-16)20(21,22)23/h3-6,9,12H,7-8,10-11,13H2,1-2H3. The van der Waals surface area contributed by atoms with E-state index >= 15 is 0 Å². The molecule has 1 aliphatic heterocycles. The fourth-order valence-corrected chi connectivity index (χ4v) is 3.61. The van der Waals surface area contributed by atoms with Crippen molar-refractivity contribution in [1.82, 2.24) is 4.90 Å². The van der Waals surface area contributed by atoms with E-state index in [0.717, 1.165) is 23.5 Å². The van der Waals surface area contributed by atoms with Gasteiger partial charge in [0.1, 0.15) is 5.76 Å². The van der Waals surface area contributed by atoms with Gasteiger partial charge < -0.3 is 14.1 Å². The summed E-state index contributed by atoms with van der Waals surface area (Å²) >= 11 is 0. The molecule has 1 saturated heterocycles. The lowest BCUT2D eigenvalue weighted by Crippen LogP contribution is -2.48. The lowest BCUT2D eigenvalue weighted by atomic mass is 9.72. The van der Waals surface area contributed by atoms with Crippen LogP contribution in [0.15, 0.2) is 41.0 Å². The average molecular weight is 381 g/mol. The highest BCUT2D eigenvalue weighted by molar-refractivity contribution is 5.88. The van der Waals surface area contributed by atoms with E-state index in [1.807, 2.05) is 6.92 Å². The summed E-state index contributed by atoms with van der Waals surface area (Å²) in [6, 6.07) is 6.89. The van der Waals surface area contributed by atoms with Crippen molar-refractivity contribution in [3.8, 4) is 0 Å². The third-order valence-electron chi connectivity index (χ3n) is 5.22. The van der Waals surface area contributed by atoms with Crippen molar-refractivity contribution in [2.24, 2.45) is 0 Å². The van der Waals surface area contributed by atoms with Crippen LogP contribution in [0.5, 0.6) is 0 Å². The molecule has 0 atom stereocenters. The summed E-state index contributed by atoms with van der Waals surface area (Å²) in [5.74, 6) is 0.514. The number of furan rings is 1. The Hall–Kier alpha value is -2.28. The molecule has 2 heterocycles. The molecule has 1 fully saturated rings. The van der Waals surface area contributed by atoms with Crippen LogP contribution in [-0.4, -0.2) is 31.1 Å². The van der Waals surface area contributed by atoms with E-state index in [-0.39, 0.29) is 5.91 Å². The SMILES string of the molecule is Cc1occc1CN(C)C(=O)C1(c2cccc(C(F)(F)F)c2)CCOCC1. The van der Waals surface area contributed by atoms with Gasteiger partial charge in [-0.3, -0.25) is 4.79 Å². The zero-order valence-electron chi connectivity index (χ0n) is 15.3. The zero-order valence-corrected chi connectivity index (χ0v) is 15.3. The maximum Gasteiger partial charge on any atom is 0.416 e. The molecule has 0 radical (unpaired) electrons. The van der Waals surface area contributed by atoms with Crippen LogP contribution in [-0.2, 0) is 27.7 Å². The Kier molecular flexibility index (Phi) is 5.33. The Balaban J connectivity index is 1.95. The van der Waals surface area contributed by atoms with Gasteiger partial charge in [0.25, 0.3) is 0 Å². The fraction of sp³-hybridized carbons (Fsp3) is 0.450. The van der Waals surface area contributed by atoms with Crippen LogP contribution >= 0.6 is 0 Å². The number of amides is 1. The highest BCUT2D eigenvalue weighted by Gasteiger charge is 2.44. The average Bonchev–Trinajstić information content (AvgIpc) is 3.05. The number of aryl methyl sites for hydroxylation is 1. The van der Waals surface area contributed by atoms with Gasteiger partial charge in [0.05, 0.1) is 17.2 Å². The highest BCUT2D eigenvalue weighted by Crippen LogP contribution is 2.39. The Morgan fingerprint density at radius 3 is 2.52 bits per heavy atom. The predicted octanol–water partition coefficient (Wildman–Crippen LogP) is 4.31. The molecule has 2 aromatic rings. The van der Waals surface area contributed by atoms with Gasteiger partial charge in [-0.05, 0) is 37.5 Å². The largest absolute Gasteiger partial charge is 0.469 e. The molecule has 0 bridgehead atoms. The summed E-state index contributed by atoms with van der Waals surface area (Å²) in [4.78, 5) is 14.9. The number of hydrogen-bond acceptors (Lipinski definition) is 3. The minimum Gasteiger partial charge on any atom is -0.469 e. The van der Waals surface area contributed by atoms with Crippen LogP contribution in [0, 0.1) is 6.92 Å². The summed E-state index contributed by atoms with van der Waals surface area (Å²) in [6.45, 7) is 2.81. The summed E-state index contributed by atoms with van der Waals surface area (Å²) in [7, 11) is 1.67. The van der Waals surface area contributed by atoms with Gasteiger partial charge in [0, 0.05) is 32.4 Å². The molecule has 0 unspecified atom stereocenters. The van der Waals surface area contributed by atoms with Crippen molar-refractivity contribution in [3.05, 3.63) is 59.0 Å². The Labute approximate surface area is 155 Å². The molecule has 27 heavy (non-hydrogen) atoms. The van der Waals surface area contributed by atoms with Gasteiger partial charge in [-0.15, -0.1) is 0 Å². The molecule has 1 amide bonds. The Bertz CT molecular complexity index is 807. The van der Waals surface area contributed by atoms with Crippen LogP contribution in [0.4, 0.5) is 13.2 Å². The van der Waals surface area contributed by atoms with Crippen molar-refractivity contribution in [1.29, 1.82) is 0 Å². The molecular weight excluding hydrogens is 359 g/mol. The molecule has 146 valence electrons. The van der Waals surface area contributed by atoms with E-state index in [2.05, 4.69) is 0 Å². The number of alkyl halides is 3. The van der Waals surface area contributed by atoms with Crippen LogP contribution in [0.25, 0.3) is 0 Å². The quantitative estimate of drug-likeness (QED) is 0.793. The first kappa shape index (κ1) is 19.5. The molecular formula is C20H22F3NO3. The number of likely N-dealkylation sites (N-methyl/N-ethyl adjacent to an activating group) is 1. The van der Waals surface area contributed by atoms with E-state index in [0.29, 0.717) is 38.2 Å². The summed E-state index contributed by atoms with van der Waals surface area (Å²) in [6.07, 6.45) is -2.20. The van der Waals surface area contributed by atoms with Gasteiger partial charge in [0.2, 0.25) is 5.91 Å². The van der Waals surface area contributed by atoms with Crippen molar-refractivity contribution in [3.63, 3.8) is 0 Å². The maximum atomic E-state index is 13.4. The zero-order chi connectivity index (χ0) is 19.7. The lowest BCUT2D eigenvalue weighted by Gasteiger charge is -2.39. The van der Waals surface area contributed by atoms with Crippen LogP contribution < -0.4 is 0 Å². The van der Waals surface area contributed by atoms with Gasteiger partial charge in [-0.25, -0.2) is 0 Å². The first-order valence-corrected chi connectivity index (χ1v) is 8.78. The molecule has 3 rings (SSSR count). The smallest absolute Gasteiger partial charge is 0.416 e. The van der Waals surface area contributed by atoms with E-state index in [4.69, 9.17) is 9.15 Å². The molecule has 7 heteroatoms. The second-order valence-electron chi connectivity index (χ2n) is 6.94. The number of halogens is 3. The molecule has 0 aliphatic carbocycles. The van der Waals surface area contributed by atoms with Gasteiger partial charge in [-0.2, -0.15) is 13.2 Å². The maximum absolute atomic E-state index is 13.4. The number of ether oxygens (including phenoxy) is 1. The molecule has 0 spiro atoms. The van der Waals surface area contributed by atoms with E-state index in [1.54, 1.807) is 30.3 Å². The first-order valence-electron chi connectivity index (χ1n) is 8.78. The first-order chi connectivity index (χ1) is 12.7. The molecule has 0 N–H and O–H groups in total. The molecule has 1 aromatic carbocycles. The molecule has 1 aromatic heterocycles. The van der Waals surface area contributed by atoms with Crippen molar-refractivity contribution >= 4 is 5.91 Å². The summed E-state index contributed by atoms with van der Waals surface area (Å²) in [5, 5.41) is 0. The van der Waals surface area contributed by atoms with Crippen LogP contribution in [0.1, 0.15) is 35.3 Å². The van der Waals surface area contributed by atoms with Crippen LogP contribution in [0.2, 0.25) is 0 Å². The van der Waals surface area contributed by atoms with E-state index in [9.17, 15) is 18.0 Å². The molecule has 4 nitrogen and oxygen atoms in total. The number of benzene rings is 1. The molecule has 1 aliphatic rings. The van der Waals surface area contributed by atoms with Gasteiger partial charge in [0.15, 0.2) is 0 Å². The van der Waals surface area contributed by atoms with Crippen LogP contribution in [0.3, 0.4) is 0 Å². The third kappa shape index (κ3) is 3.88. The second-order valence-corrected chi connectivity index (χ2v) is 6.94. The lowest BCUT2D eigenvalue weighted by molar-refractivity contribution is -0.141. The van der Waals surface area contributed by atoms with Crippen molar-refractivity contribution in [2.45, 2.75) is 37.9 Å². The highest BCUT2D eigenvalue weighted by atomic mass is 19.4. The van der Waals surface area contributed by atoms with Gasteiger partial charge >= 0.3 is 6.18 Å². The molecule has 0 saturated carbocycles. The summed E-state index contributed by atoms with van der Waals surface area (Å²) < 4.78 is 50.2. The summed E-state index contributed by atoms with van der Waals surface area (Å²) in [5.41, 5.74) is -0.503. The number of carbonyl (C=O) groups excluding carboxylic acids is 1. The fourth-order valence-electron chi connectivity index (χ4n) is 3.61. The minimum atomic E-state index is -4.45.